The zero-order valence-electron chi connectivity index (χ0n) is 8.41. The van der Waals surface area contributed by atoms with Crippen LogP contribution in [0.25, 0.3) is 0 Å². The lowest BCUT2D eigenvalue weighted by atomic mass is 10.1. The summed E-state index contributed by atoms with van der Waals surface area (Å²) in [5.74, 6) is 0.182. The quantitative estimate of drug-likeness (QED) is 0.609. The van der Waals surface area contributed by atoms with Crippen LogP contribution in [-0.2, 0) is 4.79 Å². The van der Waals surface area contributed by atoms with E-state index in [-0.39, 0.29) is 18.1 Å². The van der Waals surface area contributed by atoms with Crippen LogP contribution in [0.1, 0.15) is 25.7 Å². The number of hydrogen-bond acceptors (Lipinski definition) is 3. The van der Waals surface area contributed by atoms with E-state index in [1.165, 1.54) is 6.42 Å². The average molecular weight is 198 g/mol. The van der Waals surface area contributed by atoms with E-state index in [9.17, 15) is 9.90 Å². The van der Waals surface area contributed by atoms with Crippen molar-refractivity contribution >= 4 is 5.91 Å². The minimum Gasteiger partial charge on any atom is -0.392 e. The normalized spacial score (nSPS) is 33.4. The van der Waals surface area contributed by atoms with Crippen LogP contribution >= 0.6 is 0 Å². The number of piperidine rings is 1. The molecule has 2 aliphatic heterocycles. The van der Waals surface area contributed by atoms with Crippen LogP contribution in [0.15, 0.2) is 0 Å². The van der Waals surface area contributed by atoms with Gasteiger partial charge in [-0.05, 0) is 25.7 Å². The third-order valence-corrected chi connectivity index (χ3v) is 3.07. The number of aliphatic hydroxyl groups is 1. The standard InChI is InChI=1S/C10H18N2O2/c13-8-6-9(11-7-8)10(14)12-4-2-1-3-5-12/h8-9,11,13H,1-7H2/t8?,9-/m0/s1. The van der Waals surface area contributed by atoms with E-state index >= 15 is 0 Å². The van der Waals surface area contributed by atoms with Gasteiger partial charge in [0.1, 0.15) is 0 Å². The fraction of sp³-hybridized carbons (Fsp3) is 0.900. The third-order valence-electron chi connectivity index (χ3n) is 3.07. The molecule has 2 rings (SSSR count). The van der Waals surface area contributed by atoms with Crippen LogP contribution < -0.4 is 5.32 Å². The number of likely N-dealkylation sites (tertiary alicyclic amines) is 1. The maximum absolute atomic E-state index is 11.9. The molecule has 4 heteroatoms. The number of rotatable bonds is 1. The van der Waals surface area contributed by atoms with Gasteiger partial charge in [-0.1, -0.05) is 0 Å². The van der Waals surface area contributed by atoms with Gasteiger partial charge in [0.15, 0.2) is 0 Å². The predicted octanol–water partition coefficient (Wildman–Crippen LogP) is -0.278. The van der Waals surface area contributed by atoms with Gasteiger partial charge < -0.3 is 15.3 Å². The van der Waals surface area contributed by atoms with Crippen molar-refractivity contribution < 1.29 is 9.90 Å². The van der Waals surface area contributed by atoms with E-state index in [4.69, 9.17) is 0 Å². The highest BCUT2D eigenvalue weighted by Crippen LogP contribution is 2.14. The Morgan fingerprint density at radius 1 is 1.29 bits per heavy atom. The van der Waals surface area contributed by atoms with E-state index in [1.807, 2.05) is 4.90 Å². The van der Waals surface area contributed by atoms with Crippen LogP contribution in [0, 0.1) is 0 Å². The molecule has 0 saturated carbocycles. The summed E-state index contributed by atoms with van der Waals surface area (Å²) in [5, 5.41) is 12.4. The van der Waals surface area contributed by atoms with Gasteiger partial charge in [-0.15, -0.1) is 0 Å². The Balaban J connectivity index is 1.87. The second-order valence-electron chi connectivity index (χ2n) is 4.24. The molecular formula is C10H18N2O2. The first kappa shape index (κ1) is 9.93. The Morgan fingerprint density at radius 2 is 2.00 bits per heavy atom. The maximum Gasteiger partial charge on any atom is 0.239 e. The van der Waals surface area contributed by atoms with E-state index in [2.05, 4.69) is 5.32 Å². The van der Waals surface area contributed by atoms with E-state index in [0.29, 0.717) is 13.0 Å². The van der Waals surface area contributed by atoms with Gasteiger partial charge in [0.2, 0.25) is 5.91 Å². The van der Waals surface area contributed by atoms with Crippen LogP contribution in [-0.4, -0.2) is 47.7 Å². The molecule has 0 radical (unpaired) electrons. The second kappa shape index (κ2) is 4.28. The summed E-state index contributed by atoms with van der Waals surface area (Å²) in [6.07, 6.45) is 3.73. The summed E-state index contributed by atoms with van der Waals surface area (Å²) in [5.41, 5.74) is 0. The van der Waals surface area contributed by atoms with Crippen molar-refractivity contribution in [2.24, 2.45) is 0 Å². The van der Waals surface area contributed by atoms with Crippen molar-refractivity contribution in [3.8, 4) is 0 Å². The van der Waals surface area contributed by atoms with Gasteiger partial charge in [-0.3, -0.25) is 4.79 Å². The molecule has 2 atom stereocenters. The topological polar surface area (TPSA) is 52.6 Å². The lowest BCUT2D eigenvalue weighted by molar-refractivity contribution is -0.134. The molecule has 0 aromatic carbocycles. The van der Waals surface area contributed by atoms with E-state index < -0.39 is 0 Å². The molecule has 4 nitrogen and oxygen atoms in total. The molecule has 2 heterocycles. The number of aliphatic hydroxyl groups excluding tert-OH is 1. The summed E-state index contributed by atoms with van der Waals surface area (Å²) >= 11 is 0. The van der Waals surface area contributed by atoms with Crippen LogP contribution in [0.2, 0.25) is 0 Å². The van der Waals surface area contributed by atoms with Gasteiger partial charge in [0.25, 0.3) is 0 Å². The molecular weight excluding hydrogens is 180 g/mol. The Kier molecular flexibility index (Phi) is 3.03. The molecule has 2 fully saturated rings. The largest absolute Gasteiger partial charge is 0.392 e. The summed E-state index contributed by atoms with van der Waals surface area (Å²) in [6.45, 7) is 2.35. The summed E-state index contributed by atoms with van der Waals surface area (Å²) < 4.78 is 0. The molecule has 1 amide bonds. The third kappa shape index (κ3) is 2.07. The number of β-amino-alcohol motifs (C(OH)–C–C–N with tert-alkyl or cyclic N) is 1. The van der Waals surface area contributed by atoms with Gasteiger partial charge >= 0.3 is 0 Å². The minimum absolute atomic E-state index is 0.136. The number of carbonyl (C=O) groups is 1. The minimum atomic E-state index is -0.339. The van der Waals surface area contributed by atoms with Gasteiger partial charge in [-0.2, -0.15) is 0 Å². The highest BCUT2D eigenvalue weighted by Gasteiger charge is 2.31. The van der Waals surface area contributed by atoms with Crippen LogP contribution in [0.3, 0.4) is 0 Å². The molecule has 0 aromatic heterocycles. The first-order valence-corrected chi connectivity index (χ1v) is 5.47. The monoisotopic (exact) mass is 198 g/mol. The summed E-state index contributed by atoms with van der Waals surface area (Å²) in [4.78, 5) is 13.8. The Bertz CT molecular complexity index is 207. The van der Waals surface area contributed by atoms with Gasteiger partial charge in [-0.25, -0.2) is 0 Å². The van der Waals surface area contributed by atoms with Crippen molar-refractivity contribution in [3.05, 3.63) is 0 Å². The molecule has 2 aliphatic rings. The summed E-state index contributed by atoms with van der Waals surface area (Å²) in [7, 11) is 0. The Labute approximate surface area is 84.3 Å². The van der Waals surface area contributed by atoms with Gasteiger partial charge in [0, 0.05) is 19.6 Å². The molecule has 14 heavy (non-hydrogen) atoms. The lowest BCUT2D eigenvalue weighted by Gasteiger charge is -2.29. The van der Waals surface area contributed by atoms with Crippen LogP contribution in [0.5, 0.6) is 0 Å². The zero-order chi connectivity index (χ0) is 9.97. The number of nitrogens with one attached hydrogen (secondary N) is 1. The number of hydrogen-bond donors (Lipinski definition) is 2. The van der Waals surface area contributed by atoms with Gasteiger partial charge in [0.05, 0.1) is 12.1 Å². The highest BCUT2D eigenvalue weighted by atomic mass is 16.3. The molecule has 1 unspecified atom stereocenters. The van der Waals surface area contributed by atoms with Crippen molar-refractivity contribution in [1.82, 2.24) is 10.2 Å². The van der Waals surface area contributed by atoms with E-state index in [1.54, 1.807) is 0 Å². The maximum atomic E-state index is 11.9. The molecule has 0 spiro atoms. The molecule has 2 N–H and O–H groups in total. The second-order valence-corrected chi connectivity index (χ2v) is 4.24. The fourth-order valence-electron chi connectivity index (χ4n) is 2.24. The highest BCUT2D eigenvalue weighted by molar-refractivity contribution is 5.82. The van der Waals surface area contributed by atoms with Crippen molar-refractivity contribution in [2.75, 3.05) is 19.6 Å². The van der Waals surface area contributed by atoms with E-state index in [0.717, 1.165) is 25.9 Å². The van der Waals surface area contributed by atoms with Crippen molar-refractivity contribution in [2.45, 2.75) is 37.8 Å². The number of carbonyl (C=O) groups excluding carboxylic acids is 1. The summed E-state index contributed by atoms with van der Waals surface area (Å²) in [6, 6.07) is -0.136. The molecule has 0 bridgehead atoms. The number of nitrogens with zero attached hydrogens (tertiary/aromatic N) is 1. The smallest absolute Gasteiger partial charge is 0.239 e. The Hall–Kier alpha value is -0.610. The molecule has 80 valence electrons. The fourth-order valence-corrected chi connectivity index (χ4v) is 2.24. The SMILES string of the molecule is O=C([C@@H]1CC(O)CN1)N1CCCCC1. The predicted molar refractivity (Wildman–Crippen MR) is 52.8 cm³/mol. The van der Waals surface area contributed by atoms with Crippen molar-refractivity contribution in [1.29, 1.82) is 0 Å². The first-order chi connectivity index (χ1) is 6.77. The first-order valence-electron chi connectivity index (χ1n) is 5.47. The van der Waals surface area contributed by atoms with Crippen molar-refractivity contribution in [3.63, 3.8) is 0 Å². The molecule has 0 aliphatic carbocycles. The molecule has 2 saturated heterocycles. The lowest BCUT2D eigenvalue weighted by Crippen LogP contribution is -2.45. The number of amides is 1. The molecule has 0 aromatic rings. The zero-order valence-corrected chi connectivity index (χ0v) is 8.41. The van der Waals surface area contributed by atoms with Crippen LogP contribution in [0.4, 0.5) is 0 Å². The average Bonchev–Trinajstić information content (AvgIpc) is 2.65. The Morgan fingerprint density at radius 3 is 2.57 bits per heavy atom.